The first-order valence-electron chi connectivity index (χ1n) is 7.79. The molecule has 0 atom stereocenters. The molecule has 7 heteroatoms. The fourth-order valence-electron chi connectivity index (χ4n) is 2.51. The Balaban J connectivity index is 0.00000242. The summed E-state index contributed by atoms with van der Waals surface area (Å²) in [4.78, 5) is 11.1. The molecule has 2 rings (SSSR count). The van der Waals surface area contributed by atoms with Gasteiger partial charge in [-0.1, -0.05) is 6.42 Å². The number of aromatic nitrogens is 1. The molecular weight excluding hydrogens is 393 g/mol. The highest BCUT2D eigenvalue weighted by atomic mass is 127. The monoisotopic (exact) mass is 421 g/mol. The van der Waals surface area contributed by atoms with Gasteiger partial charge in [-0.05, 0) is 39.8 Å². The molecule has 1 aliphatic heterocycles. The van der Waals surface area contributed by atoms with Crippen LogP contribution in [-0.4, -0.2) is 49.1 Å². The molecule has 126 valence electrons. The molecule has 0 amide bonds. The highest BCUT2D eigenvalue weighted by Gasteiger charge is 2.10. The summed E-state index contributed by atoms with van der Waals surface area (Å²) in [5, 5.41) is 6.56. The molecule has 0 aliphatic carbocycles. The molecule has 0 bridgehead atoms. The summed E-state index contributed by atoms with van der Waals surface area (Å²) in [6.45, 7) is 8.86. The van der Waals surface area contributed by atoms with Gasteiger partial charge in [-0.25, -0.2) is 4.98 Å². The van der Waals surface area contributed by atoms with Crippen LogP contribution >= 0.6 is 24.0 Å². The molecule has 22 heavy (non-hydrogen) atoms. The Labute approximate surface area is 150 Å². The standard InChI is InChI=1S/C15H27N5O.HI/c1-12-13(2)21-14(19-12)11-18-15(16-3)17-7-10-20-8-5-4-6-9-20;/h4-11H2,1-3H3,(H2,16,17,18);1H. The van der Waals surface area contributed by atoms with Gasteiger partial charge in [-0.3, -0.25) is 4.99 Å². The van der Waals surface area contributed by atoms with E-state index in [1.165, 1.54) is 32.4 Å². The third-order valence-electron chi connectivity index (χ3n) is 3.87. The third kappa shape index (κ3) is 6.12. The van der Waals surface area contributed by atoms with Crippen LogP contribution in [0.25, 0.3) is 0 Å². The first kappa shape index (κ1) is 19.2. The van der Waals surface area contributed by atoms with Crippen LogP contribution in [0.15, 0.2) is 9.41 Å². The topological polar surface area (TPSA) is 65.7 Å². The number of nitrogens with one attached hydrogen (secondary N) is 2. The number of piperidine rings is 1. The molecule has 6 nitrogen and oxygen atoms in total. The van der Waals surface area contributed by atoms with Crippen LogP contribution < -0.4 is 10.6 Å². The Morgan fingerprint density at radius 1 is 1.23 bits per heavy atom. The normalized spacial score (nSPS) is 16.2. The van der Waals surface area contributed by atoms with Crippen molar-refractivity contribution in [1.82, 2.24) is 20.5 Å². The van der Waals surface area contributed by atoms with E-state index in [4.69, 9.17) is 4.42 Å². The molecule has 0 spiro atoms. The van der Waals surface area contributed by atoms with Crippen molar-refractivity contribution < 1.29 is 4.42 Å². The first-order chi connectivity index (χ1) is 10.2. The van der Waals surface area contributed by atoms with Crippen LogP contribution in [0.1, 0.15) is 36.6 Å². The Bertz CT molecular complexity index is 449. The van der Waals surface area contributed by atoms with Gasteiger partial charge in [0, 0.05) is 20.1 Å². The van der Waals surface area contributed by atoms with Gasteiger partial charge in [-0.2, -0.15) is 0 Å². The van der Waals surface area contributed by atoms with E-state index < -0.39 is 0 Å². The average molecular weight is 421 g/mol. The number of aryl methyl sites for hydroxylation is 2. The van der Waals surface area contributed by atoms with Gasteiger partial charge in [-0.15, -0.1) is 24.0 Å². The molecule has 0 radical (unpaired) electrons. The molecule has 0 aromatic carbocycles. The Morgan fingerprint density at radius 3 is 2.55 bits per heavy atom. The summed E-state index contributed by atoms with van der Waals surface area (Å²) in [6.07, 6.45) is 4.04. The maximum atomic E-state index is 5.54. The molecule has 2 N–H and O–H groups in total. The first-order valence-corrected chi connectivity index (χ1v) is 7.79. The minimum Gasteiger partial charge on any atom is -0.444 e. The minimum absolute atomic E-state index is 0. The van der Waals surface area contributed by atoms with Crippen molar-refractivity contribution in [1.29, 1.82) is 0 Å². The molecule has 1 aromatic heterocycles. The summed E-state index contributed by atoms with van der Waals surface area (Å²) >= 11 is 0. The van der Waals surface area contributed by atoms with Gasteiger partial charge in [0.15, 0.2) is 5.96 Å². The van der Waals surface area contributed by atoms with Crippen molar-refractivity contribution >= 4 is 29.9 Å². The van der Waals surface area contributed by atoms with Crippen LogP contribution in [0, 0.1) is 13.8 Å². The van der Waals surface area contributed by atoms with E-state index in [-0.39, 0.29) is 24.0 Å². The quantitative estimate of drug-likeness (QED) is 0.433. The number of rotatable bonds is 5. The number of hydrogen-bond donors (Lipinski definition) is 2. The van der Waals surface area contributed by atoms with Crippen LogP contribution in [0.2, 0.25) is 0 Å². The lowest BCUT2D eigenvalue weighted by Gasteiger charge is -2.26. The van der Waals surface area contributed by atoms with Gasteiger partial charge in [0.05, 0.1) is 12.2 Å². The van der Waals surface area contributed by atoms with Gasteiger partial charge in [0.25, 0.3) is 0 Å². The second-order valence-electron chi connectivity index (χ2n) is 5.50. The highest BCUT2D eigenvalue weighted by molar-refractivity contribution is 14.0. The van der Waals surface area contributed by atoms with E-state index in [9.17, 15) is 0 Å². The van der Waals surface area contributed by atoms with Crippen LogP contribution in [0.4, 0.5) is 0 Å². The number of hydrogen-bond acceptors (Lipinski definition) is 4. The Hall–Kier alpha value is -0.830. The minimum atomic E-state index is 0. The lowest BCUT2D eigenvalue weighted by molar-refractivity contribution is 0.232. The van der Waals surface area contributed by atoms with E-state index in [1.54, 1.807) is 7.05 Å². The molecule has 2 heterocycles. The zero-order valence-electron chi connectivity index (χ0n) is 13.8. The van der Waals surface area contributed by atoms with Gasteiger partial charge in [0.2, 0.25) is 5.89 Å². The summed E-state index contributed by atoms with van der Waals surface area (Å²) in [6, 6.07) is 0. The largest absolute Gasteiger partial charge is 0.444 e. The van der Waals surface area contributed by atoms with Crippen molar-refractivity contribution in [2.24, 2.45) is 4.99 Å². The van der Waals surface area contributed by atoms with Crippen molar-refractivity contribution in [3.8, 4) is 0 Å². The fraction of sp³-hybridized carbons (Fsp3) is 0.733. The summed E-state index contributed by atoms with van der Waals surface area (Å²) in [5.74, 6) is 2.37. The number of likely N-dealkylation sites (tertiary alicyclic amines) is 1. The zero-order valence-corrected chi connectivity index (χ0v) is 16.1. The number of guanidine groups is 1. The smallest absolute Gasteiger partial charge is 0.214 e. The molecule has 0 unspecified atom stereocenters. The van der Waals surface area contributed by atoms with Gasteiger partial charge >= 0.3 is 0 Å². The number of aliphatic imine (C=N–C) groups is 1. The molecule has 1 saturated heterocycles. The van der Waals surface area contributed by atoms with Crippen LogP contribution in [-0.2, 0) is 6.54 Å². The highest BCUT2D eigenvalue weighted by Crippen LogP contribution is 2.08. The van der Waals surface area contributed by atoms with Crippen molar-refractivity contribution in [2.45, 2.75) is 39.7 Å². The average Bonchev–Trinajstić information content (AvgIpc) is 2.82. The zero-order chi connectivity index (χ0) is 15.1. The van der Waals surface area contributed by atoms with E-state index in [0.717, 1.165) is 30.5 Å². The predicted molar refractivity (Wildman–Crippen MR) is 99.9 cm³/mol. The number of oxazole rings is 1. The summed E-state index contributed by atoms with van der Waals surface area (Å²) < 4.78 is 5.54. The molecule has 1 fully saturated rings. The van der Waals surface area contributed by atoms with E-state index in [0.29, 0.717) is 12.4 Å². The maximum absolute atomic E-state index is 5.54. The lowest BCUT2D eigenvalue weighted by atomic mass is 10.1. The van der Waals surface area contributed by atoms with E-state index in [2.05, 4.69) is 25.5 Å². The number of halogens is 1. The summed E-state index contributed by atoms with van der Waals surface area (Å²) in [7, 11) is 1.78. The van der Waals surface area contributed by atoms with Crippen molar-refractivity contribution in [3.63, 3.8) is 0 Å². The molecular formula is C15H28IN5O. The predicted octanol–water partition coefficient (Wildman–Crippen LogP) is 2.06. The SMILES string of the molecule is CN=C(NCCN1CCCCC1)NCc1nc(C)c(C)o1.I. The van der Waals surface area contributed by atoms with Crippen molar-refractivity contribution in [3.05, 3.63) is 17.3 Å². The second-order valence-corrected chi connectivity index (χ2v) is 5.50. The molecule has 0 saturated carbocycles. The van der Waals surface area contributed by atoms with E-state index in [1.807, 2.05) is 13.8 Å². The fourth-order valence-corrected chi connectivity index (χ4v) is 2.51. The van der Waals surface area contributed by atoms with Gasteiger partial charge < -0.3 is 20.0 Å². The second kappa shape index (κ2) is 10.0. The van der Waals surface area contributed by atoms with Gasteiger partial charge in [0.1, 0.15) is 5.76 Å². The third-order valence-corrected chi connectivity index (χ3v) is 3.87. The maximum Gasteiger partial charge on any atom is 0.214 e. The Morgan fingerprint density at radius 2 is 1.95 bits per heavy atom. The number of nitrogens with zero attached hydrogens (tertiary/aromatic N) is 3. The summed E-state index contributed by atoms with van der Waals surface area (Å²) in [5.41, 5.74) is 0.944. The van der Waals surface area contributed by atoms with E-state index >= 15 is 0 Å². The van der Waals surface area contributed by atoms with Crippen LogP contribution in [0.3, 0.4) is 0 Å². The molecule has 1 aliphatic rings. The van der Waals surface area contributed by atoms with Crippen LogP contribution in [0.5, 0.6) is 0 Å². The lowest BCUT2D eigenvalue weighted by Crippen LogP contribution is -2.42. The Kier molecular flexibility index (Phi) is 8.77. The molecule has 1 aromatic rings. The van der Waals surface area contributed by atoms with Crippen molar-refractivity contribution in [2.75, 3.05) is 33.2 Å².